The van der Waals surface area contributed by atoms with Gasteiger partial charge in [0.05, 0.1) is 12.8 Å². The zero-order chi connectivity index (χ0) is 18.8. The maximum Gasteiger partial charge on any atom is 0.205 e. The Bertz CT molecular complexity index is 830. The number of nitrogens with zero attached hydrogens (tertiary/aromatic N) is 4. The molecule has 27 heavy (non-hydrogen) atoms. The SMILES string of the molecule is CN1CN=Cc2c1nc(N[C@H]1CCCCCC1N)n2Cc1ccccc1Cl. The van der Waals surface area contributed by atoms with Gasteiger partial charge in [-0.2, -0.15) is 4.98 Å². The Labute approximate surface area is 165 Å². The Hall–Kier alpha value is -2.05. The summed E-state index contributed by atoms with van der Waals surface area (Å²) in [5.74, 6) is 1.80. The largest absolute Gasteiger partial charge is 0.351 e. The van der Waals surface area contributed by atoms with E-state index in [1.165, 1.54) is 19.3 Å². The first-order chi connectivity index (χ1) is 13.1. The zero-order valence-corrected chi connectivity index (χ0v) is 16.5. The molecule has 0 spiro atoms. The van der Waals surface area contributed by atoms with Crippen molar-refractivity contribution in [3.8, 4) is 0 Å². The smallest absolute Gasteiger partial charge is 0.205 e. The van der Waals surface area contributed by atoms with E-state index in [0.717, 1.165) is 40.9 Å². The van der Waals surface area contributed by atoms with Gasteiger partial charge in [0.15, 0.2) is 5.82 Å². The lowest BCUT2D eigenvalue weighted by atomic mass is 10.0. The van der Waals surface area contributed by atoms with E-state index in [0.29, 0.717) is 13.2 Å². The molecule has 1 unspecified atom stereocenters. The second-order valence-corrected chi connectivity index (χ2v) is 7.93. The molecule has 1 aromatic heterocycles. The number of aliphatic imine (C=N–C) groups is 1. The molecule has 0 saturated heterocycles. The molecule has 144 valence electrons. The minimum Gasteiger partial charge on any atom is -0.351 e. The number of benzene rings is 1. The molecule has 0 bridgehead atoms. The van der Waals surface area contributed by atoms with E-state index in [4.69, 9.17) is 22.3 Å². The van der Waals surface area contributed by atoms with E-state index in [2.05, 4.69) is 25.8 Å². The number of halogens is 1. The highest BCUT2D eigenvalue weighted by atomic mass is 35.5. The van der Waals surface area contributed by atoms with Gasteiger partial charge in [-0.1, -0.05) is 49.1 Å². The van der Waals surface area contributed by atoms with Crippen molar-refractivity contribution < 1.29 is 0 Å². The highest BCUT2D eigenvalue weighted by molar-refractivity contribution is 6.31. The third-order valence-electron chi connectivity index (χ3n) is 5.53. The fraction of sp³-hybridized carbons (Fsp3) is 0.500. The van der Waals surface area contributed by atoms with E-state index < -0.39 is 0 Å². The Balaban J connectivity index is 1.70. The summed E-state index contributed by atoms with van der Waals surface area (Å²) in [6, 6.07) is 8.34. The van der Waals surface area contributed by atoms with Crippen LogP contribution in [0.5, 0.6) is 0 Å². The number of anilines is 2. The third kappa shape index (κ3) is 3.82. The molecule has 6 nitrogen and oxygen atoms in total. The van der Waals surface area contributed by atoms with Crippen molar-refractivity contribution in [1.29, 1.82) is 0 Å². The normalized spacial score (nSPS) is 22.4. The van der Waals surface area contributed by atoms with Gasteiger partial charge in [-0.05, 0) is 24.5 Å². The van der Waals surface area contributed by atoms with Gasteiger partial charge in [-0.15, -0.1) is 0 Å². The van der Waals surface area contributed by atoms with Crippen LogP contribution in [-0.2, 0) is 6.54 Å². The number of imidazole rings is 1. The van der Waals surface area contributed by atoms with Gasteiger partial charge in [0.1, 0.15) is 12.4 Å². The maximum absolute atomic E-state index is 6.45. The van der Waals surface area contributed by atoms with Crippen molar-refractivity contribution >= 4 is 29.6 Å². The number of nitrogens with one attached hydrogen (secondary N) is 1. The number of rotatable bonds is 4. The van der Waals surface area contributed by atoms with Crippen molar-refractivity contribution in [1.82, 2.24) is 9.55 Å². The van der Waals surface area contributed by atoms with Crippen LogP contribution < -0.4 is 16.0 Å². The van der Waals surface area contributed by atoms with E-state index in [1.807, 2.05) is 31.5 Å². The topological polar surface area (TPSA) is 71.5 Å². The van der Waals surface area contributed by atoms with Gasteiger partial charge >= 0.3 is 0 Å². The summed E-state index contributed by atoms with van der Waals surface area (Å²) in [6.45, 7) is 1.27. The monoisotopic (exact) mass is 386 g/mol. The lowest BCUT2D eigenvalue weighted by Gasteiger charge is -2.24. The Morgan fingerprint density at radius 2 is 2.04 bits per heavy atom. The predicted molar refractivity (Wildman–Crippen MR) is 112 cm³/mol. The first-order valence-electron chi connectivity index (χ1n) is 9.70. The van der Waals surface area contributed by atoms with Crippen LogP contribution in [0.3, 0.4) is 0 Å². The summed E-state index contributed by atoms with van der Waals surface area (Å²) in [4.78, 5) is 11.4. The van der Waals surface area contributed by atoms with Crippen LogP contribution in [0.2, 0.25) is 5.02 Å². The van der Waals surface area contributed by atoms with Gasteiger partial charge in [0.2, 0.25) is 5.95 Å². The van der Waals surface area contributed by atoms with Crippen LogP contribution in [0.25, 0.3) is 0 Å². The Kier molecular flexibility index (Phi) is 5.36. The number of fused-ring (bicyclic) bond motifs is 1. The van der Waals surface area contributed by atoms with Gasteiger partial charge in [0, 0.05) is 24.2 Å². The van der Waals surface area contributed by atoms with Crippen molar-refractivity contribution in [2.24, 2.45) is 10.7 Å². The summed E-state index contributed by atoms with van der Waals surface area (Å²) >= 11 is 6.42. The van der Waals surface area contributed by atoms with Crippen LogP contribution in [0.15, 0.2) is 29.3 Å². The van der Waals surface area contributed by atoms with Crippen molar-refractivity contribution in [2.45, 2.75) is 50.7 Å². The summed E-state index contributed by atoms with van der Waals surface area (Å²) in [5, 5.41) is 4.41. The summed E-state index contributed by atoms with van der Waals surface area (Å²) in [7, 11) is 2.02. The van der Waals surface area contributed by atoms with E-state index in [1.54, 1.807) is 0 Å². The van der Waals surface area contributed by atoms with Gasteiger partial charge < -0.3 is 20.5 Å². The number of hydrogen-bond donors (Lipinski definition) is 2. The number of nitrogens with two attached hydrogens (primary N) is 1. The summed E-state index contributed by atoms with van der Waals surface area (Å²) in [5.41, 5.74) is 8.52. The van der Waals surface area contributed by atoms with Crippen LogP contribution in [0.4, 0.5) is 11.8 Å². The average Bonchev–Trinajstić information content (AvgIpc) is 2.87. The molecule has 1 aliphatic carbocycles. The molecule has 2 aromatic rings. The predicted octanol–water partition coefficient (Wildman–Crippen LogP) is 3.48. The van der Waals surface area contributed by atoms with Crippen LogP contribution >= 0.6 is 11.6 Å². The first kappa shape index (κ1) is 18.3. The van der Waals surface area contributed by atoms with Crippen LogP contribution in [0.1, 0.15) is 43.4 Å². The van der Waals surface area contributed by atoms with Crippen molar-refractivity contribution in [2.75, 3.05) is 23.9 Å². The second-order valence-electron chi connectivity index (χ2n) is 7.53. The molecule has 3 N–H and O–H groups in total. The van der Waals surface area contributed by atoms with Gasteiger partial charge in [0.25, 0.3) is 0 Å². The standard InChI is InChI=1S/C20H27ClN6/c1-26-13-23-11-18-19(26)25-20(24-17-10-4-2-3-9-16(17)22)27(18)12-14-7-5-6-8-15(14)21/h5-8,11,16-17H,2-4,9-10,12-13,22H2,1H3,(H,24,25)/t16?,17-/m0/s1. The molecule has 1 saturated carbocycles. The average molecular weight is 387 g/mol. The lowest BCUT2D eigenvalue weighted by Crippen LogP contribution is -2.40. The van der Waals surface area contributed by atoms with Crippen LogP contribution in [0, 0.1) is 0 Å². The van der Waals surface area contributed by atoms with Crippen molar-refractivity contribution in [3.05, 3.63) is 40.5 Å². The molecule has 0 radical (unpaired) electrons. The fourth-order valence-corrected chi connectivity index (χ4v) is 4.12. The highest BCUT2D eigenvalue weighted by Crippen LogP contribution is 2.29. The van der Waals surface area contributed by atoms with E-state index in [-0.39, 0.29) is 12.1 Å². The molecule has 1 aromatic carbocycles. The summed E-state index contributed by atoms with van der Waals surface area (Å²) in [6.07, 6.45) is 7.72. The van der Waals surface area contributed by atoms with Crippen LogP contribution in [-0.4, -0.2) is 41.6 Å². The molecule has 2 atom stereocenters. The zero-order valence-electron chi connectivity index (χ0n) is 15.7. The second kappa shape index (κ2) is 7.90. The molecule has 1 fully saturated rings. The third-order valence-corrected chi connectivity index (χ3v) is 5.90. The highest BCUT2D eigenvalue weighted by Gasteiger charge is 2.26. The minimum absolute atomic E-state index is 0.154. The summed E-state index contributed by atoms with van der Waals surface area (Å²) < 4.78 is 2.17. The maximum atomic E-state index is 6.45. The molecule has 2 heterocycles. The molecular formula is C20H27ClN6. The first-order valence-corrected chi connectivity index (χ1v) is 10.1. The quantitative estimate of drug-likeness (QED) is 0.789. The molecule has 7 heteroatoms. The van der Waals surface area contributed by atoms with Gasteiger partial charge in [-0.3, -0.25) is 4.99 Å². The van der Waals surface area contributed by atoms with E-state index >= 15 is 0 Å². The molecule has 1 aliphatic heterocycles. The molecule has 4 rings (SSSR count). The number of aromatic nitrogens is 2. The molecule has 2 aliphatic rings. The van der Waals surface area contributed by atoms with E-state index in [9.17, 15) is 0 Å². The molecule has 0 amide bonds. The number of hydrogen-bond acceptors (Lipinski definition) is 5. The minimum atomic E-state index is 0.154. The Morgan fingerprint density at radius 3 is 2.89 bits per heavy atom. The lowest BCUT2D eigenvalue weighted by molar-refractivity contribution is 0.522. The van der Waals surface area contributed by atoms with Gasteiger partial charge in [-0.25, -0.2) is 0 Å². The molecular weight excluding hydrogens is 360 g/mol. The fourth-order valence-electron chi connectivity index (χ4n) is 3.93. The van der Waals surface area contributed by atoms with Crippen molar-refractivity contribution in [3.63, 3.8) is 0 Å². The Morgan fingerprint density at radius 1 is 1.22 bits per heavy atom.